The fraction of sp³-hybridized carbons (Fsp3) is 0.786. The van der Waals surface area contributed by atoms with Crippen LogP contribution in [-0.2, 0) is 9.59 Å². The van der Waals surface area contributed by atoms with Gasteiger partial charge in [-0.05, 0) is 32.1 Å². The Hall–Kier alpha value is -1.87. The second kappa shape index (κ2) is 12.7. The first-order chi connectivity index (χ1) is 10.8. The Morgan fingerprint density at radius 1 is 1.00 bits per heavy atom. The Balaban J connectivity index is 3.87. The summed E-state index contributed by atoms with van der Waals surface area (Å²) >= 11 is 0. The monoisotopic (exact) mass is 332 g/mol. The third-order valence-corrected chi connectivity index (χ3v) is 3.26. The number of hydrogen-bond donors (Lipinski definition) is 6. The standard InChI is InChI=1S/C14H28N4O5/c15-14(16)17-9-5-6-10(13(22)23)18-11(19)7-3-1-2-4-8-12(20)21/h10-11,18-19H,1-9H2,(H,20,21)(H,22,23)(H4,15,16,17). The molecule has 0 saturated carbocycles. The summed E-state index contributed by atoms with van der Waals surface area (Å²) in [6, 6.07) is -0.855. The van der Waals surface area contributed by atoms with Crippen molar-refractivity contribution in [2.24, 2.45) is 16.5 Å². The van der Waals surface area contributed by atoms with Crippen LogP contribution in [-0.4, -0.2) is 52.0 Å². The van der Waals surface area contributed by atoms with Crippen LogP contribution in [0.15, 0.2) is 4.99 Å². The molecule has 0 saturated heterocycles. The van der Waals surface area contributed by atoms with Crippen molar-refractivity contribution >= 4 is 17.9 Å². The van der Waals surface area contributed by atoms with E-state index in [4.69, 9.17) is 21.7 Å². The molecule has 2 unspecified atom stereocenters. The van der Waals surface area contributed by atoms with Gasteiger partial charge in [0.2, 0.25) is 0 Å². The molecule has 0 aliphatic carbocycles. The maximum atomic E-state index is 11.1. The third-order valence-electron chi connectivity index (χ3n) is 3.26. The van der Waals surface area contributed by atoms with Gasteiger partial charge in [0.25, 0.3) is 0 Å². The minimum absolute atomic E-state index is 0.0345. The van der Waals surface area contributed by atoms with Crippen molar-refractivity contribution in [3.8, 4) is 0 Å². The number of nitrogens with one attached hydrogen (secondary N) is 1. The lowest BCUT2D eigenvalue weighted by atomic mass is 10.1. The number of guanidine groups is 1. The van der Waals surface area contributed by atoms with Crippen LogP contribution in [0.1, 0.15) is 51.4 Å². The van der Waals surface area contributed by atoms with Crippen LogP contribution < -0.4 is 16.8 Å². The van der Waals surface area contributed by atoms with E-state index in [2.05, 4.69) is 10.3 Å². The minimum atomic E-state index is -1.03. The highest BCUT2D eigenvalue weighted by molar-refractivity contribution is 5.75. The molecule has 0 bridgehead atoms. The van der Waals surface area contributed by atoms with Gasteiger partial charge in [-0.2, -0.15) is 0 Å². The zero-order valence-electron chi connectivity index (χ0n) is 13.3. The molecule has 0 aliphatic rings. The molecule has 0 fully saturated rings. The van der Waals surface area contributed by atoms with E-state index in [-0.39, 0.29) is 12.4 Å². The predicted octanol–water partition coefficient (Wildman–Crippen LogP) is -0.174. The van der Waals surface area contributed by atoms with Crippen LogP contribution in [0.3, 0.4) is 0 Å². The second-order valence-electron chi connectivity index (χ2n) is 5.37. The van der Waals surface area contributed by atoms with Crippen LogP contribution in [0.2, 0.25) is 0 Å². The largest absolute Gasteiger partial charge is 0.481 e. The van der Waals surface area contributed by atoms with Gasteiger partial charge in [-0.15, -0.1) is 0 Å². The fourth-order valence-corrected chi connectivity index (χ4v) is 2.06. The van der Waals surface area contributed by atoms with E-state index in [1.54, 1.807) is 0 Å². The SMILES string of the molecule is NC(N)=NCCCC(NC(O)CCCCCCC(=O)O)C(=O)O. The van der Waals surface area contributed by atoms with E-state index in [1.165, 1.54) is 0 Å². The molecule has 0 aromatic carbocycles. The molecule has 9 heteroatoms. The Bertz CT molecular complexity index is 385. The average Bonchev–Trinajstić information content (AvgIpc) is 2.45. The number of carboxylic acids is 2. The quantitative estimate of drug-likeness (QED) is 0.110. The Morgan fingerprint density at radius 2 is 1.65 bits per heavy atom. The normalized spacial score (nSPS) is 13.3. The van der Waals surface area contributed by atoms with Gasteiger partial charge in [-0.3, -0.25) is 19.9 Å². The van der Waals surface area contributed by atoms with Crippen LogP contribution in [0.4, 0.5) is 0 Å². The molecule has 134 valence electrons. The number of rotatable bonds is 14. The lowest BCUT2D eigenvalue weighted by Crippen LogP contribution is -2.43. The molecule has 0 rings (SSSR count). The van der Waals surface area contributed by atoms with Crippen molar-refractivity contribution in [3.05, 3.63) is 0 Å². The number of hydrogen-bond acceptors (Lipinski definition) is 5. The molecule has 0 aromatic heterocycles. The first-order valence-electron chi connectivity index (χ1n) is 7.77. The molecular weight excluding hydrogens is 304 g/mol. The number of nitrogens with two attached hydrogens (primary N) is 2. The van der Waals surface area contributed by atoms with E-state index in [9.17, 15) is 14.7 Å². The van der Waals surface area contributed by atoms with Gasteiger partial charge in [-0.1, -0.05) is 12.8 Å². The molecule has 23 heavy (non-hydrogen) atoms. The average molecular weight is 332 g/mol. The summed E-state index contributed by atoms with van der Waals surface area (Å²) in [7, 11) is 0. The zero-order chi connectivity index (χ0) is 17.7. The van der Waals surface area contributed by atoms with E-state index >= 15 is 0 Å². The van der Waals surface area contributed by atoms with Gasteiger partial charge >= 0.3 is 11.9 Å². The highest BCUT2D eigenvalue weighted by atomic mass is 16.4. The summed E-state index contributed by atoms with van der Waals surface area (Å²) in [4.78, 5) is 25.2. The summed E-state index contributed by atoms with van der Waals surface area (Å²) in [5, 5.41) is 30.1. The summed E-state index contributed by atoms with van der Waals surface area (Å²) in [6.07, 6.45) is 3.36. The first kappa shape index (κ1) is 21.1. The van der Waals surface area contributed by atoms with Crippen molar-refractivity contribution < 1.29 is 24.9 Å². The lowest BCUT2D eigenvalue weighted by Gasteiger charge is -2.19. The van der Waals surface area contributed by atoms with E-state index in [1.807, 2.05) is 0 Å². The number of aliphatic carboxylic acids is 2. The van der Waals surface area contributed by atoms with Gasteiger partial charge in [0, 0.05) is 13.0 Å². The van der Waals surface area contributed by atoms with Gasteiger partial charge in [0.15, 0.2) is 5.96 Å². The van der Waals surface area contributed by atoms with Crippen molar-refractivity contribution in [2.45, 2.75) is 63.6 Å². The summed E-state index contributed by atoms with van der Waals surface area (Å²) in [5.41, 5.74) is 10.4. The number of carbonyl (C=O) groups is 2. The second-order valence-corrected chi connectivity index (χ2v) is 5.37. The number of nitrogens with zero attached hydrogens (tertiary/aromatic N) is 1. The van der Waals surface area contributed by atoms with Crippen molar-refractivity contribution in [1.29, 1.82) is 0 Å². The van der Waals surface area contributed by atoms with E-state index in [0.717, 1.165) is 12.8 Å². The van der Waals surface area contributed by atoms with Crippen molar-refractivity contribution in [3.63, 3.8) is 0 Å². The molecule has 9 nitrogen and oxygen atoms in total. The Labute approximate surface area is 135 Å². The number of aliphatic hydroxyl groups is 1. The Morgan fingerprint density at radius 3 is 2.22 bits per heavy atom. The molecule has 0 spiro atoms. The Kier molecular flexibility index (Phi) is 11.6. The molecule has 0 aliphatic heterocycles. The van der Waals surface area contributed by atoms with Gasteiger partial charge in [-0.25, -0.2) is 0 Å². The van der Waals surface area contributed by atoms with E-state index in [0.29, 0.717) is 38.6 Å². The van der Waals surface area contributed by atoms with Gasteiger partial charge in [0.05, 0.1) is 0 Å². The number of aliphatic hydroxyl groups excluding tert-OH is 1. The lowest BCUT2D eigenvalue weighted by molar-refractivity contribution is -0.141. The smallest absolute Gasteiger partial charge is 0.320 e. The zero-order valence-corrected chi connectivity index (χ0v) is 13.3. The van der Waals surface area contributed by atoms with Crippen LogP contribution >= 0.6 is 0 Å². The minimum Gasteiger partial charge on any atom is -0.481 e. The first-order valence-corrected chi connectivity index (χ1v) is 7.77. The fourth-order valence-electron chi connectivity index (χ4n) is 2.06. The van der Waals surface area contributed by atoms with Crippen molar-refractivity contribution in [2.75, 3.05) is 6.54 Å². The highest BCUT2D eigenvalue weighted by Gasteiger charge is 2.19. The molecule has 0 aromatic rings. The van der Waals surface area contributed by atoms with Gasteiger partial charge < -0.3 is 26.8 Å². The third kappa shape index (κ3) is 13.5. The predicted molar refractivity (Wildman–Crippen MR) is 85.8 cm³/mol. The van der Waals surface area contributed by atoms with E-state index < -0.39 is 24.2 Å². The maximum Gasteiger partial charge on any atom is 0.320 e. The van der Waals surface area contributed by atoms with Crippen LogP contribution in [0.5, 0.6) is 0 Å². The number of aliphatic imine (C=N–C) groups is 1. The number of unbranched alkanes of at least 4 members (excludes halogenated alkanes) is 3. The molecule has 0 radical (unpaired) electrons. The summed E-state index contributed by atoms with van der Waals surface area (Å²) < 4.78 is 0. The molecule has 2 atom stereocenters. The maximum absolute atomic E-state index is 11.1. The van der Waals surface area contributed by atoms with Crippen LogP contribution in [0.25, 0.3) is 0 Å². The van der Waals surface area contributed by atoms with Crippen molar-refractivity contribution in [1.82, 2.24) is 5.32 Å². The molecule has 0 heterocycles. The topological polar surface area (TPSA) is 171 Å². The van der Waals surface area contributed by atoms with Crippen LogP contribution in [0, 0.1) is 0 Å². The number of carboxylic acid groups (broad SMARTS) is 2. The summed E-state index contributed by atoms with van der Waals surface area (Å²) in [5.74, 6) is -1.88. The summed E-state index contributed by atoms with van der Waals surface area (Å²) in [6.45, 7) is 0.341. The van der Waals surface area contributed by atoms with Gasteiger partial charge in [0.1, 0.15) is 12.3 Å². The molecule has 8 N–H and O–H groups in total. The molecular formula is C14H28N4O5. The highest BCUT2D eigenvalue weighted by Crippen LogP contribution is 2.08. The molecule has 0 amide bonds.